The third kappa shape index (κ3) is 2.88. The maximum Gasteiger partial charge on any atom is 0.253 e. The van der Waals surface area contributed by atoms with Gasteiger partial charge in [-0.2, -0.15) is 0 Å². The summed E-state index contributed by atoms with van der Waals surface area (Å²) in [6.45, 7) is 3.22. The van der Waals surface area contributed by atoms with Crippen LogP contribution in [-0.2, 0) is 23.6 Å². The van der Waals surface area contributed by atoms with Gasteiger partial charge >= 0.3 is 0 Å². The number of nitrogens with zero attached hydrogens (tertiary/aromatic N) is 2. The van der Waals surface area contributed by atoms with Gasteiger partial charge in [0.05, 0.1) is 19.8 Å². The number of hydrogen-bond donors (Lipinski definition) is 1. The van der Waals surface area contributed by atoms with Crippen LogP contribution in [0.2, 0.25) is 0 Å². The maximum atomic E-state index is 11.3. The lowest BCUT2D eigenvalue weighted by molar-refractivity contribution is -0.677. The van der Waals surface area contributed by atoms with Crippen molar-refractivity contribution in [3.8, 4) is 0 Å². The first-order chi connectivity index (χ1) is 10.3. The molecular weight excluding hydrogens is 298 g/mol. The molecule has 5 nitrogen and oxygen atoms in total. The molecule has 1 aliphatic heterocycles. The Balaban J connectivity index is 1.91. The molecule has 22 heavy (non-hydrogen) atoms. The van der Waals surface area contributed by atoms with E-state index in [0.717, 1.165) is 25.6 Å². The quantitative estimate of drug-likeness (QED) is 0.879. The molecule has 1 aliphatic rings. The molecule has 1 N–H and O–H groups in total. The van der Waals surface area contributed by atoms with Crippen molar-refractivity contribution < 1.29 is 13.0 Å². The molecule has 0 radical (unpaired) electrons. The van der Waals surface area contributed by atoms with Crippen LogP contribution < -0.4 is 9.29 Å². The summed E-state index contributed by atoms with van der Waals surface area (Å²) in [5.41, 5.74) is 3.19. The van der Waals surface area contributed by atoms with Crippen LogP contribution >= 0.6 is 0 Å². The first kappa shape index (κ1) is 15.1. The summed E-state index contributed by atoms with van der Waals surface area (Å²) < 4.78 is 29.6. The highest BCUT2D eigenvalue weighted by molar-refractivity contribution is 7.92. The second-order valence-electron chi connectivity index (χ2n) is 6.05. The van der Waals surface area contributed by atoms with Gasteiger partial charge < -0.3 is 0 Å². The van der Waals surface area contributed by atoms with Gasteiger partial charge in [-0.3, -0.25) is 4.72 Å². The minimum atomic E-state index is -3.22. The van der Waals surface area contributed by atoms with Crippen LogP contribution in [-0.4, -0.2) is 19.2 Å². The van der Waals surface area contributed by atoms with E-state index in [1.165, 1.54) is 17.1 Å². The average molecular weight is 320 g/mol. The largest absolute Gasteiger partial charge is 0.284 e. The molecule has 6 heteroatoms. The summed E-state index contributed by atoms with van der Waals surface area (Å²) in [5.74, 6) is 1.65. The van der Waals surface area contributed by atoms with Gasteiger partial charge in [0.2, 0.25) is 10.0 Å². The highest BCUT2D eigenvalue weighted by atomic mass is 32.2. The topological polar surface area (TPSA) is 55.0 Å². The smallest absolute Gasteiger partial charge is 0.253 e. The average Bonchev–Trinajstić information content (AvgIpc) is 2.74. The van der Waals surface area contributed by atoms with Gasteiger partial charge in [0.25, 0.3) is 5.82 Å². The van der Waals surface area contributed by atoms with Crippen LogP contribution in [0.5, 0.6) is 0 Å². The van der Waals surface area contributed by atoms with Crippen molar-refractivity contribution >= 4 is 15.7 Å². The fourth-order valence-corrected chi connectivity index (χ4v) is 3.81. The Morgan fingerprint density at radius 2 is 1.95 bits per heavy atom. The van der Waals surface area contributed by atoms with Crippen LogP contribution in [0.1, 0.15) is 35.8 Å². The van der Waals surface area contributed by atoms with Crippen LogP contribution in [0.3, 0.4) is 0 Å². The number of sulfonamides is 1. The lowest BCUT2D eigenvalue weighted by Gasteiger charge is -2.21. The SMILES string of the molecule is Cc1n2c(c[n+]1C)C(c1ccc(NS(C)(=O)=O)cc1)CCC2. The molecule has 0 spiro atoms. The van der Waals surface area contributed by atoms with E-state index in [1.807, 2.05) is 24.3 Å². The predicted molar refractivity (Wildman–Crippen MR) is 86.3 cm³/mol. The van der Waals surface area contributed by atoms with Crippen LogP contribution in [0.25, 0.3) is 0 Å². The Bertz CT molecular complexity index is 792. The Kier molecular flexibility index (Phi) is 3.72. The summed E-state index contributed by atoms with van der Waals surface area (Å²) in [5, 5.41) is 0. The second kappa shape index (κ2) is 5.43. The molecule has 1 atom stereocenters. The van der Waals surface area contributed by atoms with Gasteiger partial charge in [-0.1, -0.05) is 12.1 Å². The Labute approximate surface area is 131 Å². The first-order valence-electron chi connectivity index (χ1n) is 7.48. The minimum absolute atomic E-state index is 0.376. The van der Waals surface area contributed by atoms with Crippen molar-refractivity contribution in [2.24, 2.45) is 7.05 Å². The van der Waals surface area contributed by atoms with Crippen LogP contribution in [0, 0.1) is 6.92 Å². The van der Waals surface area contributed by atoms with Gasteiger partial charge in [0.15, 0.2) is 0 Å². The van der Waals surface area contributed by atoms with Crippen molar-refractivity contribution in [1.29, 1.82) is 0 Å². The molecule has 2 heterocycles. The highest BCUT2D eigenvalue weighted by Gasteiger charge is 2.30. The zero-order chi connectivity index (χ0) is 15.9. The van der Waals surface area contributed by atoms with Crippen molar-refractivity contribution in [1.82, 2.24) is 4.57 Å². The van der Waals surface area contributed by atoms with Gasteiger partial charge in [0, 0.05) is 18.5 Å². The number of rotatable bonds is 3. The third-order valence-corrected chi connectivity index (χ3v) is 4.99. The molecule has 1 aromatic heterocycles. The molecule has 1 unspecified atom stereocenters. The lowest BCUT2D eigenvalue weighted by Crippen LogP contribution is -2.29. The molecule has 118 valence electrons. The normalized spacial score (nSPS) is 18.0. The number of imidazole rings is 1. The predicted octanol–water partition coefficient (Wildman–Crippen LogP) is 1.92. The maximum absolute atomic E-state index is 11.3. The number of hydrogen-bond acceptors (Lipinski definition) is 2. The van der Waals surface area contributed by atoms with Crippen molar-refractivity contribution in [2.75, 3.05) is 11.0 Å². The van der Waals surface area contributed by atoms with E-state index in [9.17, 15) is 8.42 Å². The molecule has 0 saturated carbocycles. The van der Waals surface area contributed by atoms with E-state index in [2.05, 4.69) is 34.0 Å². The van der Waals surface area contributed by atoms with E-state index in [4.69, 9.17) is 0 Å². The summed E-state index contributed by atoms with van der Waals surface area (Å²) in [6, 6.07) is 7.72. The van der Waals surface area contributed by atoms with Gasteiger partial charge in [-0.25, -0.2) is 17.6 Å². The number of aryl methyl sites for hydroxylation is 1. The highest BCUT2D eigenvalue weighted by Crippen LogP contribution is 2.34. The van der Waals surface area contributed by atoms with Gasteiger partial charge in [0.1, 0.15) is 11.9 Å². The Hall–Kier alpha value is -1.82. The number of aromatic nitrogens is 2. The van der Waals surface area contributed by atoms with E-state index >= 15 is 0 Å². The number of anilines is 1. The van der Waals surface area contributed by atoms with Crippen LogP contribution in [0.15, 0.2) is 30.5 Å². The van der Waals surface area contributed by atoms with Crippen LogP contribution in [0.4, 0.5) is 5.69 Å². The zero-order valence-electron chi connectivity index (χ0n) is 13.2. The Morgan fingerprint density at radius 1 is 1.27 bits per heavy atom. The summed E-state index contributed by atoms with van der Waals surface area (Å²) in [6.07, 6.45) is 5.67. The molecule has 2 aromatic rings. The number of fused-ring (bicyclic) bond motifs is 1. The number of nitrogens with one attached hydrogen (secondary N) is 1. The monoisotopic (exact) mass is 320 g/mol. The van der Waals surface area contributed by atoms with Crippen molar-refractivity contribution in [3.05, 3.63) is 47.5 Å². The Morgan fingerprint density at radius 3 is 2.59 bits per heavy atom. The molecule has 0 fully saturated rings. The first-order valence-corrected chi connectivity index (χ1v) is 9.38. The molecule has 0 bridgehead atoms. The molecule has 0 saturated heterocycles. The molecule has 3 rings (SSSR count). The lowest BCUT2D eigenvalue weighted by atomic mass is 9.89. The standard InChI is InChI=1S/C16H22N3O2S/c1-12-18(2)11-16-15(5-4-10-19(12)16)13-6-8-14(9-7-13)17-22(3,20)21/h6-9,11,15,17H,4-5,10H2,1-3H3/q+1. The fraction of sp³-hybridized carbons (Fsp3) is 0.438. The zero-order valence-corrected chi connectivity index (χ0v) is 14.0. The minimum Gasteiger partial charge on any atom is -0.284 e. The number of benzene rings is 1. The van der Waals surface area contributed by atoms with E-state index in [1.54, 1.807) is 0 Å². The van der Waals surface area contributed by atoms with Gasteiger partial charge in [-0.05, 0) is 30.5 Å². The molecular formula is C16H22N3O2S+. The van der Waals surface area contributed by atoms with Crippen molar-refractivity contribution in [3.63, 3.8) is 0 Å². The summed E-state index contributed by atoms with van der Waals surface area (Å²) >= 11 is 0. The second-order valence-corrected chi connectivity index (χ2v) is 7.80. The molecule has 1 aromatic carbocycles. The summed E-state index contributed by atoms with van der Waals surface area (Å²) in [7, 11) is -1.14. The fourth-order valence-electron chi connectivity index (χ4n) is 3.24. The molecule has 0 amide bonds. The molecule has 0 aliphatic carbocycles. The third-order valence-electron chi connectivity index (χ3n) is 4.39. The van der Waals surface area contributed by atoms with Crippen molar-refractivity contribution in [2.45, 2.75) is 32.2 Å². The summed E-state index contributed by atoms with van der Waals surface area (Å²) in [4.78, 5) is 0. The van der Waals surface area contributed by atoms with E-state index < -0.39 is 10.0 Å². The van der Waals surface area contributed by atoms with Gasteiger partial charge in [-0.15, -0.1) is 0 Å². The van der Waals surface area contributed by atoms with E-state index in [-0.39, 0.29) is 0 Å². The van der Waals surface area contributed by atoms with E-state index in [0.29, 0.717) is 11.6 Å².